The number of hydrogen-bond donors (Lipinski definition) is 0. The van der Waals surface area contributed by atoms with E-state index in [0.29, 0.717) is 0 Å². The molecule has 0 unspecified atom stereocenters. The predicted octanol–water partition coefficient (Wildman–Crippen LogP) is 5.68. The molecule has 0 radical (unpaired) electrons. The number of hydrogen-bond acceptors (Lipinski definition) is 3. The van der Waals surface area contributed by atoms with Crippen LogP contribution in [0.1, 0.15) is 80.6 Å². The second-order valence-electron chi connectivity index (χ2n) is 8.89. The van der Waals surface area contributed by atoms with Crippen molar-refractivity contribution < 1.29 is 13.7 Å². The van der Waals surface area contributed by atoms with Crippen molar-refractivity contribution in [2.24, 2.45) is 0 Å². The van der Waals surface area contributed by atoms with Crippen LogP contribution in [0.25, 0.3) is 0 Å². The first kappa shape index (κ1) is 21.9. The maximum atomic E-state index is 6.31. The average molecular weight is 354 g/mol. The van der Waals surface area contributed by atoms with Crippen molar-refractivity contribution >= 4 is 15.4 Å². The summed E-state index contributed by atoms with van der Waals surface area (Å²) in [5, 5.41) is 0. The first-order valence-corrected chi connectivity index (χ1v) is 12.6. The van der Waals surface area contributed by atoms with E-state index in [1.165, 1.54) is 31.2 Å². The van der Waals surface area contributed by atoms with E-state index in [-0.39, 0.29) is 24.4 Å². The van der Waals surface area contributed by atoms with Gasteiger partial charge in [-0.2, -0.15) is 0 Å². The summed E-state index contributed by atoms with van der Waals surface area (Å²) in [6.07, 6.45) is 6.29. The molecule has 1 aliphatic rings. The van der Waals surface area contributed by atoms with Gasteiger partial charge in [0.25, 0.3) is 0 Å². The Morgan fingerprint density at radius 3 is 2.04 bits per heavy atom. The lowest BCUT2D eigenvalue weighted by Gasteiger charge is -2.32. The Balaban J connectivity index is 2.94. The van der Waals surface area contributed by atoms with E-state index in [9.17, 15) is 0 Å². The lowest BCUT2D eigenvalue weighted by atomic mass is 9.76. The molecule has 0 atom stereocenters. The maximum Gasteiger partial charge on any atom is 0.489 e. The molecule has 1 heterocycles. The third-order valence-corrected chi connectivity index (χ3v) is 7.09. The molecular weight excluding hydrogens is 315 g/mol. The van der Waals surface area contributed by atoms with Crippen molar-refractivity contribution in [3.05, 3.63) is 11.2 Å². The van der Waals surface area contributed by atoms with Crippen molar-refractivity contribution in [1.29, 1.82) is 0 Å². The molecule has 0 amide bonds. The van der Waals surface area contributed by atoms with E-state index < -0.39 is 8.32 Å². The molecule has 3 nitrogen and oxygen atoms in total. The third-order valence-electron chi connectivity index (χ3n) is 4.95. The lowest BCUT2D eigenvalue weighted by molar-refractivity contribution is 0.00578. The van der Waals surface area contributed by atoms with Crippen LogP contribution in [0.5, 0.6) is 0 Å². The molecule has 5 heteroatoms. The van der Waals surface area contributed by atoms with Gasteiger partial charge < -0.3 is 13.7 Å². The predicted molar refractivity (Wildman–Crippen MR) is 107 cm³/mol. The Morgan fingerprint density at radius 2 is 1.58 bits per heavy atom. The van der Waals surface area contributed by atoms with Crippen molar-refractivity contribution in [1.82, 2.24) is 0 Å². The summed E-state index contributed by atoms with van der Waals surface area (Å²) in [4.78, 5) is 0. The van der Waals surface area contributed by atoms with E-state index in [1.807, 2.05) is 0 Å². The minimum Gasteiger partial charge on any atom is -0.411 e. The fourth-order valence-electron chi connectivity index (χ4n) is 3.10. The van der Waals surface area contributed by atoms with Gasteiger partial charge in [0.15, 0.2) is 0 Å². The van der Waals surface area contributed by atoms with Crippen LogP contribution in [0, 0.1) is 0 Å². The van der Waals surface area contributed by atoms with Crippen LogP contribution in [0.2, 0.25) is 13.1 Å². The highest BCUT2D eigenvalue weighted by Crippen LogP contribution is 2.39. The summed E-state index contributed by atoms with van der Waals surface area (Å²) in [6, 6.07) is 0. The zero-order chi connectivity index (χ0) is 18.6. The molecule has 140 valence electrons. The minimum atomic E-state index is -1.88. The van der Waals surface area contributed by atoms with Gasteiger partial charge in [0.2, 0.25) is 8.32 Å². The lowest BCUT2D eigenvalue weighted by Crippen LogP contribution is -2.41. The number of rotatable bonds is 9. The maximum absolute atomic E-state index is 6.31. The summed E-state index contributed by atoms with van der Waals surface area (Å²) < 4.78 is 18.8. The van der Waals surface area contributed by atoms with Crippen molar-refractivity contribution in [3.63, 3.8) is 0 Å². The Hall–Kier alpha value is -0.0982. The highest BCUT2D eigenvalue weighted by atomic mass is 28.4. The first-order valence-electron chi connectivity index (χ1n) is 9.65. The summed E-state index contributed by atoms with van der Waals surface area (Å²) in [5.41, 5.74) is 3.07. The van der Waals surface area contributed by atoms with Gasteiger partial charge in [-0.05, 0) is 66.5 Å². The monoisotopic (exact) mass is 354 g/mol. The molecule has 24 heavy (non-hydrogen) atoms. The van der Waals surface area contributed by atoms with Gasteiger partial charge in [0.05, 0.1) is 11.2 Å². The average Bonchev–Trinajstić information content (AvgIpc) is 2.60. The van der Waals surface area contributed by atoms with Crippen LogP contribution >= 0.6 is 0 Å². The topological polar surface area (TPSA) is 27.7 Å². The molecule has 0 saturated carbocycles. The fourth-order valence-corrected chi connectivity index (χ4v) is 5.55. The summed E-state index contributed by atoms with van der Waals surface area (Å²) in [7, 11) is -2.12. The van der Waals surface area contributed by atoms with Gasteiger partial charge in [0, 0.05) is 6.10 Å². The summed E-state index contributed by atoms with van der Waals surface area (Å²) in [5.74, 6) is 0. The Kier molecular flexibility index (Phi) is 7.79. The van der Waals surface area contributed by atoms with Crippen LogP contribution in [0.15, 0.2) is 11.2 Å². The van der Waals surface area contributed by atoms with Crippen LogP contribution in [-0.4, -0.2) is 32.7 Å². The largest absolute Gasteiger partial charge is 0.489 e. The zero-order valence-corrected chi connectivity index (χ0v) is 18.5. The van der Waals surface area contributed by atoms with E-state index in [4.69, 9.17) is 13.7 Å². The van der Waals surface area contributed by atoms with Gasteiger partial charge in [0.1, 0.15) is 0 Å². The molecule has 0 aromatic heterocycles. The molecule has 1 aliphatic heterocycles. The van der Waals surface area contributed by atoms with Gasteiger partial charge in [-0.25, -0.2) is 0 Å². The second-order valence-corrected chi connectivity index (χ2v) is 12.6. The minimum absolute atomic E-state index is 0.237. The Morgan fingerprint density at radius 1 is 1.04 bits per heavy atom. The molecular formula is C19H39BO3Si. The SMILES string of the molecule is CCCCCC/C(=C\[Si](C)(C)OC(C)C)B1OC(C)(C)C(C)(C)O1. The zero-order valence-electron chi connectivity index (χ0n) is 17.5. The molecule has 1 rings (SSSR count). The quantitative estimate of drug-likeness (QED) is 0.394. The van der Waals surface area contributed by atoms with Crippen LogP contribution in [0.4, 0.5) is 0 Å². The highest BCUT2D eigenvalue weighted by molar-refractivity contribution is 6.78. The summed E-state index contributed by atoms with van der Waals surface area (Å²) in [6.45, 7) is 19.5. The number of allylic oxidation sites excluding steroid dienone is 1. The van der Waals surface area contributed by atoms with Crippen LogP contribution < -0.4 is 0 Å². The number of unbranched alkanes of at least 4 members (excludes halogenated alkanes) is 3. The highest BCUT2D eigenvalue weighted by Gasteiger charge is 2.52. The van der Waals surface area contributed by atoms with Crippen molar-refractivity contribution in [2.75, 3.05) is 0 Å². The van der Waals surface area contributed by atoms with E-state index >= 15 is 0 Å². The Labute approximate surface area is 151 Å². The standard InChI is InChI=1S/C19H39BO3Si/c1-10-11-12-13-14-17(15-24(8,9)21-16(2)3)20-22-18(4,5)19(6,7)23-20/h15-16H,10-14H2,1-9H3/b17-15+. The van der Waals surface area contributed by atoms with Crippen LogP contribution in [0.3, 0.4) is 0 Å². The molecule has 0 aromatic rings. The van der Waals surface area contributed by atoms with Gasteiger partial charge >= 0.3 is 7.12 Å². The molecule has 0 aromatic carbocycles. The molecule has 1 fully saturated rings. The van der Waals surface area contributed by atoms with Crippen molar-refractivity contribution in [3.8, 4) is 0 Å². The van der Waals surface area contributed by atoms with E-state index in [1.54, 1.807) is 0 Å². The van der Waals surface area contributed by atoms with E-state index in [0.717, 1.165) is 6.42 Å². The van der Waals surface area contributed by atoms with Gasteiger partial charge in [-0.15, -0.1) is 0 Å². The van der Waals surface area contributed by atoms with E-state index in [2.05, 4.69) is 67.3 Å². The molecule has 0 aliphatic carbocycles. The van der Waals surface area contributed by atoms with Crippen LogP contribution in [-0.2, 0) is 13.7 Å². The third kappa shape index (κ3) is 6.32. The van der Waals surface area contributed by atoms with Gasteiger partial charge in [-0.1, -0.05) is 38.3 Å². The fraction of sp³-hybridized carbons (Fsp3) is 0.895. The smallest absolute Gasteiger partial charge is 0.411 e. The molecule has 0 bridgehead atoms. The second kappa shape index (κ2) is 8.52. The summed E-state index contributed by atoms with van der Waals surface area (Å²) >= 11 is 0. The normalized spacial score (nSPS) is 20.9. The first-order chi connectivity index (χ1) is 10.9. The molecule has 0 spiro atoms. The molecule has 1 saturated heterocycles. The van der Waals surface area contributed by atoms with Crippen molar-refractivity contribution in [2.45, 2.75) is 111 Å². The Bertz CT molecular complexity index is 414. The molecule has 0 N–H and O–H groups in total. The van der Waals surface area contributed by atoms with Gasteiger partial charge in [-0.3, -0.25) is 0 Å².